The van der Waals surface area contributed by atoms with Crippen molar-refractivity contribution in [3.8, 4) is 0 Å². The van der Waals surface area contributed by atoms with Crippen molar-refractivity contribution in [1.82, 2.24) is 29.7 Å². The zero-order valence-electron chi connectivity index (χ0n) is 22.5. The van der Waals surface area contributed by atoms with Crippen LogP contribution in [0, 0.1) is 0 Å². The SMILES string of the molecule is O=P(O)(O)c1cccc(CN2CCN(Cc3cccc(P(=O)(O)O)n3)CCN(Cc3cccc(P(=O)(O)O)n3)CC2)n1. The molecule has 228 valence electrons. The van der Waals surface area contributed by atoms with Gasteiger partial charge in [0, 0.05) is 58.9 Å². The van der Waals surface area contributed by atoms with Gasteiger partial charge in [0.25, 0.3) is 0 Å². The summed E-state index contributed by atoms with van der Waals surface area (Å²) in [6, 6.07) is 13.6. The summed E-state index contributed by atoms with van der Waals surface area (Å²) in [6.45, 7) is 4.27. The van der Waals surface area contributed by atoms with Gasteiger partial charge in [0.2, 0.25) is 0 Å². The van der Waals surface area contributed by atoms with Gasteiger partial charge in [-0.2, -0.15) is 0 Å². The van der Waals surface area contributed by atoms with E-state index in [0.717, 1.165) is 0 Å². The van der Waals surface area contributed by atoms with Crippen molar-refractivity contribution in [2.75, 3.05) is 39.3 Å². The van der Waals surface area contributed by atoms with Gasteiger partial charge in [0.1, 0.15) is 0 Å². The van der Waals surface area contributed by atoms with Gasteiger partial charge in [-0.05, 0) is 36.4 Å². The fourth-order valence-corrected chi connectivity index (χ4v) is 6.11. The third-order valence-electron chi connectivity index (χ3n) is 6.63. The second-order valence-corrected chi connectivity index (χ2v) is 14.6. The summed E-state index contributed by atoms with van der Waals surface area (Å²) < 4.78 is 35.2. The van der Waals surface area contributed by atoms with Crippen LogP contribution in [0.1, 0.15) is 17.1 Å². The van der Waals surface area contributed by atoms with Gasteiger partial charge in [-0.15, -0.1) is 0 Å². The molecule has 42 heavy (non-hydrogen) atoms. The van der Waals surface area contributed by atoms with E-state index in [2.05, 4.69) is 29.7 Å². The van der Waals surface area contributed by atoms with Crippen molar-refractivity contribution >= 4 is 39.1 Å². The molecule has 0 aromatic carbocycles. The summed E-state index contributed by atoms with van der Waals surface area (Å²) >= 11 is 0. The summed E-state index contributed by atoms with van der Waals surface area (Å²) in [4.78, 5) is 75.9. The van der Waals surface area contributed by atoms with Crippen molar-refractivity contribution in [2.45, 2.75) is 19.6 Å². The summed E-state index contributed by atoms with van der Waals surface area (Å²) in [5.74, 6) is 0. The van der Waals surface area contributed by atoms with Crippen LogP contribution in [-0.4, -0.2) is 98.3 Å². The van der Waals surface area contributed by atoms with Crippen LogP contribution in [-0.2, 0) is 33.3 Å². The molecule has 0 amide bonds. The Hall–Kier alpha value is -2.22. The smallest absolute Gasteiger partial charge is 0.320 e. The van der Waals surface area contributed by atoms with Crippen LogP contribution < -0.4 is 16.3 Å². The molecular formula is C24H33N6O9P3. The lowest BCUT2D eigenvalue weighted by Crippen LogP contribution is -2.36. The van der Waals surface area contributed by atoms with Gasteiger partial charge in [-0.25, -0.2) is 15.0 Å². The molecule has 3 aromatic rings. The average Bonchev–Trinajstić information content (AvgIpc) is 2.99. The monoisotopic (exact) mass is 642 g/mol. The van der Waals surface area contributed by atoms with Gasteiger partial charge in [0.15, 0.2) is 16.3 Å². The van der Waals surface area contributed by atoms with Gasteiger partial charge >= 0.3 is 22.8 Å². The fourth-order valence-electron chi connectivity index (χ4n) is 4.50. The zero-order chi connectivity index (χ0) is 30.5. The molecule has 0 saturated carbocycles. The molecular weight excluding hydrogens is 609 g/mol. The topological polar surface area (TPSA) is 221 Å². The van der Waals surface area contributed by atoms with Crippen molar-refractivity contribution in [2.24, 2.45) is 0 Å². The van der Waals surface area contributed by atoms with E-state index < -0.39 is 22.8 Å². The second-order valence-electron chi connectivity index (χ2n) is 9.92. The third-order valence-corrected chi connectivity index (χ3v) is 9.16. The largest absolute Gasteiger partial charge is 0.374 e. The van der Waals surface area contributed by atoms with E-state index in [0.29, 0.717) is 76.0 Å². The number of hydrogen-bond acceptors (Lipinski definition) is 9. The van der Waals surface area contributed by atoms with Gasteiger partial charge < -0.3 is 29.4 Å². The van der Waals surface area contributed by atoms with E-state index in [9.17, 15) is 43.1 Å². The van der Waals surface area contributed by atoms with Crippen molar-refractivity contribution in [1.29, 1.82) is 0 Å². The summed E-state index contributed by atoms with van der Waals surface area (Å²) in [6.07, 6.45) is 0. The first-order valence-corrected chi connectivity index (χ1v) is 17.7. The molecule has 1 fully saturated rings. The van der Waals surface area contributed by atoms with Crippen molar-refractivity contribution in [3.05, 3.63) is 71.7 Å². The average molecular weight is 642 g/mol. The molecule has 3 aromatic heterocycles. The minimum Gasteiger partial charge on any atom is -0.320 e. The lowest BCUT2D eigenvalue weighted by Gasteiger charge is -2.25. The lowest BCUT2D eigenvalue weighted by molar-refractivity contribution is 0.207. The van der Waals surface area contributed by atoms with Crippen LogP contribution >= 0.6 is 22.8 Å². The number of aromatic nitrogens is 3. The van der Waals surface area contributed by atoms with Crippen molar-refractivity contribution in [3.63, 3.8) is 0 Å². The molecule has 0 unspecified atom stereocenters. The Morgan fingerprint density at radius 1 is 0.476 bits per heavy atom. The highest BCUT2D eigenvalue weighted by molar-refractivity contribution is 7.60. The highest BCUT2D eigenvalue weighted by atomic mass is 31.2. The molecule has 0 spiro atoms. The van der Waals surface area contributed by atoms with Crippen LogP contribution in [0.15, 0.2) is 54.6 Å². The Morgan fingerprint density at radius 2 is 0.714 bits per heavy atom. The van der Waals surface area contributed by atoms with Gasteiger partial charge in [-0.3, -0.25) is 28.4 Å². The van der Waals surface area contributed by atoms with Crippen molar-refractivity contribution < 1.29 is 43.1 Å². The molecule has 0 atom stereocenters. The van der Waals surface area contributed by atoms with E-state index in [1.54, 1.807) is 36.4 Å². The van der Waals surface area contributed by atoms with Crippen LogP contribution in [0.4, 0.5) is 0 Å². The Balaban J connectivity index is 1.55. The van der Waals surface area contributed by atoms with Crippen LogP contribution in [0.25, 0.3) is 0 Å². The molecule has 6 N–H and O–H groups in total. The first kappa shape index (κ1) is 32.7. The van der Waals surface area contributed by atoms with E-state index in [-0.39, 0.29) is 16.3 Å². The molecule has 0 radical (unpaired) electrons. The minimum atomic E-state index is -4.52. The number of nitrogens with zero attached hydrogens (tertiary/aromatic N) is 6. The number of rotatable bonds is 9. The summed E-state index contributed by atoms with van der Waals surface area (Å²) in [7, 11) is -13.6. The lowest BCUT2D eigenvalue weighted by atomic mass is 10.3. The minimum absolute atomic E-state index is 0.306. The molecule has 1 aliphatic rings. The maximum absolute atomic E-state index is 11.7. The number of pyridine rings is 3. The second kappa shape index (κ2) is 13.6. The maximum atomic E-state index is 11.7. The standard InChI is InChI=1S/C24H33N6O9P3/c31-40(32,33)22-7-1-4-19(25-22)16-28-10-12-29(17-20-5-2-8-23(26-20)41(34,35)36)14-15-30(13-11-28)18-21-6-3-9-24(27-21)42(37,38)39/h1-9H,10-18H2,(H2,31,32,33)(H2,34,35,36)(H2,37,38,39). The third kappa shape index (κ3) is 9.65. The molecule has 1 aliphatic heterocycles. The summed E-state index contributed by atoms with van der Waals surface area (Å²) in [5, 5.41) is 0. The fraction of sp³-hybridized carbons (Fsp3) is 0.375. The van der Waals surface area contributed by atoms with Gasteiger partial charge in [-0.1, -0.05) is 18.2 Å². The highest BCUT2D eigenvalue weighted by Gasteiger charge is 2.24. The molecule has 0 aliphatic carbocycles. The molecule has 0 bridgehead atoms. The molecule has 1 saturated heterocycles. The molecule has 4 heterocycles. The highest BCUT2D eigenvalue weighted by Crippen LogP contribution is 2.33. The Morgan fingerprint density at radius 3 is 0.929 bits per heavy atom. The quantitative estimate of drug-likeness (QED) is 0.156. The molecule has 18 heteroatoms. The predicted molar refractivity (Wildman–Crippen MR) is 154 cm³/mol. The zero-order valence-corrected chi connectivity index (χ0v) is 25.2. The van der Waals surface area contributed by atoms with E-state index in [1.165, 1.54) is 18.2 Å². The van der Waals surface area contributed by atoms with Gasteiger partial charge in [0.05, 0.1) is 17.1 Å². The maximum Gasteiger partial charge on any atom is 0.374 e. The Kier molecular flexibility index (Phi) is 10.6. The Labute approximate surface area is 242 Å². The first-order chi connectivity index (χ1) is 19.7. The molecule has 4 rings (SSSR count). The summed E-state index contributed by atoms with van der Waals surface area (Å²) in [5.41, 5.74) is 0.541. The number of hydrogen-bond donors (Lipinski definition) is 6. The first-order valence-electron chi connectivity index (χ1n) is 12.9. The van der Waals surface area contributed by atoms with Crippen LogP contribution in [0.2, 0.25) is 0 Å². The molecule has 15 nitrogen and oxygen atoms in total. The predicted octanol–water partition coefficient (Wildman–Crippen LogP) is -0.899. The van der Waals surface area contributed by atoms with E-state index in [4.69, 9.17) is 0 Å². The Bertz CT molecular complexity index is 1340. The normalized spacial score (nSPS) is 17.0. The van der Waals surface area contributed by atoms with Crippen LogP contribution in [0.5, 0.6) is 0 Å². The van der Waals surface area contributed by atoms with E-state index in [1.807, 2.05) is 0 Å². The van der Waals surface area contributed by atoms with E-state index >= 15 is 0 Å². The van der Waals surface area contributed by atoms with Crippen LogP contribution in [0.3, 0.4) is 0 Å².